The first-order valence-electron chi connectivity index (χ1n) is 5.29. The van der Waals surface area contributed by atoms with Crippen molar-refractivity contribution in [3.8, 4) is 0 Å². The first kappa shape index (κ1) is 10.9. The second-order valence-electron chi connectivity index (χ2n) is 4.22. The Morgan fingerprint density at radius 3 is 2.75 bits per heavy atom. The topological polar surface area (TPSA) is 75.4 Å². The first-order valence-corrected chi connectivity index (χ1v) is 5.29. The molecule has 1 aliphatic carbocycles. The van der Waals surface area contributed by atoms with Gasteiger partial charge in [-0.25, -0.2) is 0 Å². The van der Waals surface area contributed by atoms with Crippen molar-refractivity contribution in [2.75, 3.05) is 11.9 Å². The number of anilines is 1. The third-order valence-corrected chi connectivity index (χ3v) is 3.08. The lowest BCUT2D eigenvalue weighted by molar-refractivity contribution is -0.384. The quantitative estimate of drug-likeness (QED) is 0.602. The van der Waals surface area contributed by atoms with Crippen LogP contribution in [0.1, 0.15) is 19.3 Å². The minimum atomic E-state index is -0.419. The molecule has 0 aromatic heterocycles. The van der Waals surface area contributed by atoms with Crippen molar-refractivity contribution in [2.45, 2.75) is 24.8 Å². The maximum atomic E-state index is 10.6. The maximum absolute atomic E-state index is 10.6. The van der Waals surface area contributed by atoms with Crippen LogP contribution in [-0.2, 0) is 0 Å². The molecule has 0 radical (unpaired) electrons. The van der Waals surface area contributed by atoms with Crippen LogP contribution >= 0.6 is 0 Å². The standard InChI is InChI=1S/C11H14N2O3/c14-8-11(5-2-6-11)12-9-3-1-4-10(7-9)13(15)16/h1,3-4,7,12,14H,2,5-6,8H2. The zero-order valence-electron chi connectivity index (χ0n) is 8.85. The zero-order valence-corrected chi connectivity index (χ0v) is 8.85. The number of aliphatic hydroxyl groups excluding tert-OH is 1. The Morgan fingerprint density at radius 2 is 2.25 bits per heavy atom. The third kappa shape index (κ3) is 1.99. The molecule has 1 aromatic rings. The van der Waals surface area contributed by atoms with Gasteiger partial charge < -0.3 is 10.4 Å². The number of benzene rings is 1. The molecule has 1 fully saturated rings. The number of rotatable bonds is 4. The van der Waals surface area contributed by atoms with Crippen molar-refractivity contribution in [2.24, 2.45) is 0 Å². The van der Waals surface area contributed by atoms with Crippen LogP contribution in [0.25, 0.3) is 0 Å². The maximum Gasteiger partial charge on any atom is 0.271 e. The van der Waals surface area contributed by atoms with E-state index in [1.54, 1.807) is 12.1 Å². The molecular weight excluding hydrogens is 208 g/mol. The molecule has 1 saturated carbocycles. The van der Waals surface area contributed by atoms with E-state index in [1.165, 1.54) is 12.1 Å². The lowest BCUT2D eigenvalue weighted by Gasteiger charge is -2.41. The van der Waals surface area contributed by atoms with Gasteiger partial charge in [-0.15, -0.1) is 0 Å². The summed E-state index contributed by atoms with van der Waals surface area (Å²) >= 11 is 0. The number of nitrogens with one attached hydrogen (secondary N) is 1. The molecule has 5 nitrogen and oxygen atoms in total. The van der Waals surface area contributed by atoms with Gasteiger partial charge in [0.25, 0.3) is 5.69 Å². The van der Waals surface area contributed by atoms with Crippen molar-refractivity contribution in [3.63, 3.8) is 0 Å². The van der Waals surface area contributed by atoms with Gasteiger partial charge in [0.15, 0.2) is 0 Å². The summed E-state index contributed by atoms with van der Waals surface area (Å²) in [7, 11) is 0. The molecule has 0 atom stereocenters. The normalized spacial score (nSPS) is 17.6. The van der Waals surface area contributed by atoms with Crippen molar-refractivity contribution in [3.05, 3.63) is 34.4 Å². The average Bonchev–Trinajstić information content (AvgIpc) is 2.24. The predicted molar refractivity (Wildman–Crippen MR) is 60.4 cm³/mol. The highest BCUT2D eigenvalue weighted by Crippen LogP contribution is 2.35. The van der Waals surface area contributed by atoms with Gasteiger partial charge in [-0.1, -0.05) is 6.07 Å². The van der Waals surface area contributed by atoms with Gasteiger partial charge in [0, 0.05) is 17.8 Å². The molecule has 5 heteroatoms. The molecule has 0 heterocycles. The van der Waals surface area contributed by atoms with Crippen LogP contribution < -0.4 is 5.32 Å². The van der Waals surface area contributed by atoms with E-state index in [1.807, 2.05) is 0 Å². The Kier molecular flexibility index (Phi) is 2.78. The molecule has 1 aromatic carbocycles. The van der Waals surface area contributed by atoms with E-state index in [4.69, 9.17) is 0 Å². The molecule has 16 heavy (non-hydrogen) atoms. The summed E-state index contributed by atoms with van der Waals surface area (Å²) in [5, 5.41) is 23.1. The van der Waals surface area contributed by atoms with Crippen molar-refractivity contribution < 1.29 is 10.0 Å². The summed E-state index contributed by atoms with van der Waals surface area (Å²) in [6.45, 7) is 0.0652. The number of hydrogen-bond donors (Lipinski definition) is 2. The van der Waals surface area contributed by atoms with Gasteiger partial charge in [0.05, 0.1) is 17.1 Å². The molecule has 2 rings (SSSR count). The number of non-ortho nitro benzene ring substituents is 1. The van der Waals surface area contributed by atoms with Crippen LogP contribution in [0.15, 0.2) is 24.3 Å². The third-order valence-electron chi connectivity index (χ3n) is 3.08. The van der Waals surface area contributed by atoms with Gasteiger partial charge in [-0.2, -0.15) is 0 Å². The Bertz CT molecular complexity index is 396. The van der Waals surface area contributed by atoms with Crippen molar-refractivity contribution >= 4 is 11.4 Å². The van der Waals surface area contributed by atoms with Crippen molar-refractivity contribution in [1.82, 2.24) is 0 Å². The van der Waals surface area contributed by atoms with Gasteiger partial charge in [-0.05, 0) is 25.3 Å². The van der Waals surface area contributed by atoms with Gasteiger partial charge in [0.2, 0.25) is 0 Å². The van der Waals surface area contributed by atoms with Crippen LogP contribution in [0.5, 0.6) is 0 Å². The summed E-state index contributed by atoms with van der Waals surface area (Å²) in [5.74, 6) is 0. The van der Waals surface area contributed by atoms with E-state index in [2.05, 4.69) is 5.32 Å². The highest BCUT2D eigenvalue weighted by Gasteiger charge is 2.36. The number of hydrogen-bond acceptors (Lipinski definition) is 4. The molecule has 1 aliphatic rings. The van der Waals surface area contributed by atoms with E-state index in [0.29, 0.717) is 5.69 Å². The Morgan fingerprint density at radius 1 is 1.50 bits per heavy atom. The van der Waals surface area contributed by atoms with Gasteiger partial charge >= 0.3 is 0 Å². The van der Waals surface area contributed by atoms with Crippen LogP contribution in [0, 0.1) is 10.1 Å². The van der Waals surface area contributed by atoms with E-state index >= 15 is 0 Å². The van der Waals surface area contributed by atoms with Crippen molar-refractivity contribution in [1.29, 1.82) is 0 Å². The number of nitro groups is 1. The van der Waals surface area contributed by atoms with Gasteiger partial charge in [-0.3, -0.25) is 10.1 Å². The predicted octanol–water partition coefficient (Wildman–Crippen LogP) is 1.92. The summed E-state index contributed by atoms with van der Waals surface area (Å²) in [6, 6.07) is 6.38. The molecular formula is C11H14N2O3. The second kappa shape index (κ2) is 4.09. The van der Waals surface area contributed by atoms with Crippen LogP contribution in [0.4, 0.5) is 11.4 Å². The monoisotopic (exact) mass is 222 g/mol. The van der Waals surface area contributed by atoms with E-state index < -0.39 is 4.92 Å². The van der Waals surface area contributed by atoms with E-state index in [9.17, 15) is 15.2 Å². The summed E-state index contributed by atoms with van der Waals surface area (Å²) in [6.07, 6.45) is 2.90. The SMILES string of the molecule is O=[N+]([O-])c1cccc(NC2(CO)CCC2)c1. The lowest BCUT2D eigenvalue weighted by atomic mass is 9.77. The molecule has 0 aliphatic heterocycles. The minimum Gasteiger partial charge on any atom is -0.394 e. The zero-order chi connectivity index (χ0) is 11.6. The fourth-order valence-electron chi connectivity index (χ4n) is 1.93. The van der Waals surface area contributed by atoms with E-state index in [-0.39, 0.29) is 17.8 Å². The summed E-state index contributed by atoms with van der Waals surface area (Å²) < 4.78 is 0. The highest BCUT2D eigenvalue weighted by molar-refractivity contribution is 5.53. The van der Waals surface area contributed by atoms with Crippen LogP contribution in [0.2, 0.25) is 0 Å². The molecule has 2 N–H and O–H groups in total. The lowest BCUT2D eigenvalue weighted by Crippen LogP contribution is -2.48. The fraction of sp³-hybridized carbons (Fsp3) is 0.455. The Hall–Kier alpha value is -1.62. The molecule has 0 saturated heterocycles. The highest BCUT2D eigenvalue weighted by atomic mass is 16.6. The fourth-order valence-corrected chi connectivity index (χ4v) is 1.93. The molecule has 0 spiro atoms. The second-order valence-corrected chi connectivity index (χ2v) is 4.22. The largest absolute Gasteiger partial charge is 0.394 e. The Labute approximate surface area is 93.2 Å². The average molecular weight is 222 g/mol. The minimum absolute atomic E-state index is 0.0652. The molecule has 0 unspecified atom stereocenters. The number of nitro benzene ring substituents is 1. The smallest absolute Gasteiger partial charge is 0.271 e. The summed E-state index contributed by atoms with van der Waals surface area (Å²) in [4.78, 5) is 10.2. The van der Waals surface area contributed by atoms with Crippen LogP contribution in [0.3, 0.4) is 0 Å². The van der Waals surface area contributed by atoms with Gasteiger partial charge in [0.1, 0.15) is 0 Å². The molecule has 86 valence electrons. The first-order chi connectivity index (χ1) is 7.65. The van der Waals surface area contributed by atoms with E-state index in [0.717, 1.165) is 19.3 Å². The Balaban J connectivity index is 2.15. The summed E-state index contributed by atoms with van der Waals surface area (Å²) in [5.41, 5.74) is 0.496. The van der Waals surface area contributed by atoms with Crippen LogP contribution in [-0.4, -0.2) is 22.2 Å². The number of aliphatic hydroxyl groups is 1. The molecule has 0 amide bonds. The molecule has 0 bridgehead atoms. The number of nitrogens with zero attached hydrogens (tertiary/aromatic N) is 1.